The third kappa shape index (κ3) is 4.75. The Balaban J connectivity index is 1.67. The molecule has 2 unspecified atom stereocenters. The van der Waals surface area contributed by atoms with Crippen LogP contribution in [0.25, 0.3) is 0 Å². The quantitative estimate of drug-likeness (QED) is 0.233. The first kappa shape index (κ1) is 28.2. The van der Waals surface area contributed by atoms with Crippen molar-refractivity contribution >= 4 is 40.9 Å². The van der Waals surface area contributed by atoms with E-state index in [1.165, 1.54) is 4.90 Å². The van der Waals surface area contributed by atoms with E-state index in [0.717, 1.165) is 30.9 Å². The summed E-state index contributed by atoms with van der Waals surface area (Å²) < 4.78 is 4.79. The Hall–Kier alpha value is -2.78. The molecule has 8 nitrogen and oxygen atoms in total. The molecule has 5 atom stereocenters. The van der Waals surface area contributed by atoms with Crippen LogP contribution in [0.4, 0.5) is 11.4 Å². The molecule has 2 bridgehead atoms. The van der Waals surface area contributed by atoms with Crippen LogP contribution in [0.2, 0.25) is 0 Å². The van der Waals surface area contributed by atoms with Crippen molar-refractivity contribution in [3.05, 3.63) is 49.6 Å². The fraction of sp³-hybridized carbons (Fsp3) is 0.552. The molecular weight excluding hydrogens is 502 g/mol. The molecule has 0 saturated carbocycles. The monoisotopic (exact) mass is 541 g/mol. The molecule has 38 heavy (non-hydrogen) atoms. The lowest BCUT2D eigenvalue weighted by molar-refractivity contribution is -0.154. The molecule has 9 heteroatoms. The Kier molecular flexibility index (Phi) is 8.88. The van der Waals surface area contributed by atoms with Gasteiger partial charge in [-0.3, -0.25) is 14.4 Å². The number of anilines is 2. The summed E-state index contributed by atoms with van der Waals surface area (Å²) in [6.45, 7) is 13.8. The van der Waals surface area contributed by atoms with Gasteiger partial charge in [0.05, 0.1) is 29.8 Å². The Morgan fingerprint density at radius 3 is 2.47 bits per heavy atom. The largest absolute Gasteiger partial charge is 0.465 e. The molecule has 1 N–H and O–H groups in total. The van der Waals surface area contributed by atoms with Gasteiger partial charge in [0, 0.05) is 42.8 Å². The van der Waals surface area contributed by atoms with Crippen LogP contribution in [0.15, 0.2) is 49.6 Å². The number of carbonyl (C=O) groups is 3. The third-order valence-electron chi connectivity index (χ3n) is 8.08. The van der Waals surface area contributed by atoms with Crippen LogP contribution in [-0.4, -0.2) is 83.2 Å². The fourth-order valence-corrected chi connectivity index (χ4v) is 8.62. The van der Waals surface area contributed by atoms with Crippen LogP contribution >= 0.6 is 11.8 Å². The second-order valence-electron chi connectivity index (χ2n) is 9.98. The van der Waals surface area contributed by atoms with Crippen LogP contribution in [0, 0.1) is 11.8 Å². The SMILES string of the molecule is C=CCCOC(=O)[C@@H]1[C@@H]2CCC3(S2)C(C(=O)N(CC=C)c2ccc(N(CC)CC)cc2)N(CCO)C(=O)[C@H]13. The zero-order valence-corrected chi connectivity index (χ0v) is 23.2. The van der Waals surface area contributed by atoms with Crippen LogP contribution in [0.3, 0.4) is 0 Å². The molecule has 3 fully saturated rings. The second-order valence-corrected chi connectivity index (χ2v) is 11.6. The number of aliphatic hydroxyl groups excluding tert-OH is 1. The van der Waals surface area contributed by atoms with E-state index in [1.807, 2.05) is 24.3 Å². The van der Waals surface area contributed by atoms with E-state index in [9.17, 15) is 19.5 Å². The first-order valence-corrected chi connectivity index (χ1v) is 14.4. The highest BCUT2D eigenvalue weighted by Gasteiger charge is 2.74. The van der Waals surface area contributed by atoms with E-state index >= 15 is 0 Å². The van der Waals surface area contributed by atoms with Crippen molar-refractivity contribution in [3.63, 3.8) is 0 Å². The molecule has 1 aromatic rings. The van der Waals surface area contributed by atoms with Gasteiger partial charge >= 0.3 is 5.97 Å². The number of benzene rings is 1. The van der Waals surface area contributed by atoms with Crippen LogP contribution in [-0.2, 0) is 19.1 Å². The molecule has 3 aliphatic heterocycles. The number of hydrogen-bond acceptors (Lipinski definition) is 7. The van der Waals surface area contributed by atoms with Gasteiger partial charge < -0.3 is 24.5 Å². The van der Waals surface area contributed by atoms with Crippen molar-refractivity contribution in [2.24, 2.45) is 11.8 Å². The molecule has 206 valence electrons. The lowest BCUT2D eigenvalue weighted by Crippen LogP contribution is -2.55. The van der Waals surface area contributed by atoms with Gasteiger partial charge in [-0.05, 0) is 57.4 Å². The van der Waals surface area contributed by atoms with E-state index in [-0.39, 0.29) is 49.3 Å². The number of nitrogens with zero attached hydrogens (tertiary/aromatic N) is 3. The van der Waals surface area contributed by atoms with Gasteiger partial charge in [0.1, 0.15) is 6.04 Å². The van der Waals surface area contributed by atoms with E-state index < -0.39 is 22.6 Å². The van der Waals surface area contributed by atoms with Gasteiger partial charge in [0.2, 0.25) is 5.91 Å². The maximum absolute atomic E-state index is 14.4. The van der Waals surface area contributed by atoms with E-state index in [2.05, 4.69) is 31.9 Å². The topological polar surface area (TPSA) is 90.4 Å². The number of carbonyl (C=O) groups excluding carboxylic acids is 3. The molecule has 0 aliphatic carbocycles. The molecule has 1 spiro atoms. The summed E-state index contributed by atoms with van der Waals surface area (Å²) in [5.74, 6) is -2.06. The lowest BCUT2D eigenvalue weighted by Gasteiger charge is -2.37. The fourth-order valence-electron chi connectivity index (χ4n) is 6.42. The van der Waals surface area contributed by atoms with Crippen molar-refractivity contribution in [1.29, 1.82) is 0 Å². The number of esters is 1. The zero-order valence-electron chi connectivity index (χ0n) is 22.4. The maximum atomic E-state index is 14.4. The zero-order chi connectivity index (χ0) is 27.4. The van der Waals surface area contributed by atoms with Gasteiger partial charge in [0.15, 0.2) is 0 Å². The van der Waals surface area contributed by atoms with Crippen LogP contribution in [0.1, 0.15) is 33.1 Å². The Labute approximate surface area is 229 Å². The van der Waals surface area contributed by atoms with Crippen molar-refractivity contribution < 1.29 is 24.2 Å². The molecule has 1 aromatic carbocycles. The summed E-state index contributed by atoms with van der Waals surface area (Å²) in [7, 11) is 0. The highest BCUT2D eigenvalue weighted by molar-refractivity contribution is 8.02. The molecule has 0 aromatic heterocycles. The second kappa shape index (κ2) is 11.9. The first-order valence-electron chi connectivity index (χ1n) is 13.5. The summed E-state index contributed by atoms with van der Waals surface area (Å²) in [6, 6.07) is 7.08. The predicted octanol–water partition coefficient (Wildman–Crippen LogP) is 3.25. The number of hydrogen-bond donors (Lipinski definition) is 1. The maximum Gasteiger partial charge on any atom is 0.310 e. The highest BCUT2D eigenvalue weighted by atomic mass is 32.2. The van der Waals surface area contributed by atoms with Gasteiger partial charge in [-0.1, -0.05) is 12.2 Å². The standard InChI is InChI=1S/C29H39N3O5S/c1-5-9-19-37-28(36)23-22-14-15-29(38-22)24(23)26(34)32(17-18-33)25(29)27(35)31(16-6-2)21-12-10-20(11-13-21)30(7-3)8-4/h5-6,10-13,22-25,33H,1-2,7-9,14-19H2,3-4H3/t22-,23+,24-,25?,29?/m0/s1. The molecule has 3 heterocycles. The predicted molar refractivity (Wildman–Crippen MR) is 151 cm³/mol. The van der Waals surface area contributed by atoms with Crippen molar-refractivity contribution in [2.75, 3.05) is 49.2 Å². The first-order chi connectivity index (χ1) is 18.4. The number of thioether (sulfide) groups is 1. The third-order valence-corrected chi connectivity index (χ3v) is 10.0. The van der Waals surface area contributed by atoms with E-state index in [0.29, 0.717) is 12.8 Å². The van der Waals surface area contributed by atoms with Crippen molar-refractivity contribution in [2.45, 2.75) is 49.1 Å². The molecule has 0 radical (unpaired) electrons. The summed E-state index contributed by atoms with van der Waals surface area (Å²) >= 11 is 1.59. The summed E-state index contributed by atoms with van der Waals surface area (Å²) in [4.78, 5) is 46.7. The number of ether oxygens (including phenoxy) is 1. The lowest BCUT2D eigenvalue weighted by atomic mass is 9.71. The molecule has 4 rings (SSSR count). The Morgan fingerprint density at radius 2 is 1.87 bits per heavy atom. The number of rotatable bonds is 13. The molecule has 3 saturated heterocycles. The Morgan fingerprint density at radius 1 is 1.18 bits per heavy atom. The van der Waals surface area contributed by atoms with Gasteiger partial charge in [-0.25, -0.2) is 0 Å². The molecule has 3 aliphatic rings. The van der Waals surface area contributed by atoms with Gasteiger partial charge in [-0.2, -0.15) is 0 Å². The van der Waals surface area contributed by atoms with Crippen LogP contribution < -0.4 is 9.80 Å². The van der Waals surface area contributed by atoms with Crippen molar-refractivity contribution in [3.8, 4) is 0 Å². The number of likely N-dealkylation sites (tertiary alicyclic amines) is 1. The van der Waals surface area contributed by atoms with Crippen LogP contribution in [0.5, 0.6) is 0 Å². The molecule has 2 amide bonds. The minimum Gasteiger partial charge on any atom is -0.465 e. The average molecular weight is 542 g/mol. The highest BCUT2D eigenvalue weighted by Crippen LogP contribution is 2.66. The van der Waals surface area contributed by atoms with E-state index in [4.69, 9.17) is 4.74 Å². The number of aliphatic hydroxyl groups is 1. The minimum absolute atomic E-state index is 0.0414. The number of amides is 2. The van der Waals surface area contributed by atoms with E-state index in [1.54, 1.807) is 28.8 Å². The van der Waals surface area contributed by atoms with Gasteiger partial charge in [0.25, 0.3) is 5.91 Å². The Bertz CT molecular complexity index is 1060. The minimum atomic E-state index is -0.782. The summed E-state index contributed by atoms with van der Waals surface area (Å²) in [5.41, 5.74) is 1.80. The average Bonchev–Trinajstić information content (AvgIpc) is 3.56. The number of fused-ring (bicyclic) bond motifs is 1. The molecular formula is C29H39N3O5S. The summed E-state index contributed by atoms with van der Waals surface area (Å²) in [5, 5.41) is 9.77. The summed E-state index contributed by atoms with van der Waals surface area (Å²) in [6.07, 6.45) is 5.31. The normalized spacial score (nSPS) is 27.2. The van der Waals surface area contributed by atoms with Gasteiger partial charge in [-0.15, -0.1) is 24.9 Å². The smallest absolute Gasteiger partial charge is 0.310 e. The van der Waals surface area contributed by atoms with Crippen molar-refractivity contribution in [1.82, 2.24) is 4.90 Å². The number of β-amino-alcohol motifs (C(OH)–C–C–N with tert-alkyl or cyclic N) is 1.